The molecule has 0 bridgehead atoms. The van der Waals surface area contributed by atoms with E-state index >= 15 is 0 Å². The zero-order valence-corrected chi connectivity index (χ0v) is 17.3. The molecule has 1 aromatic carbocycles. The zero-order chi connectivity index (χ0) is 20.3. The molecular weight excluding hydrogens is 394 g/mol. The molecule has 154 valence electrons. The SMILES string of the molecule is Cc1noc2nc(C(C)C)cc(C(=O)Nc3ccccc3C(=O)NCCN)c12.Cl. The van der Waals surface area contributed by atoms with Gasteiger partial charge in [-0.25, -0.2) is 4.98 Å². The monoisotopic (exact) mass is 417 g/mol. The molecule has 4 N–H and O–H groups in total. The molecule has 3 aromatic rings. The van der Waals surface area contributed by atoms with E-state index in [0.717, 1.165) is 5.69 Å². The number of amides is 2. The lowest BCUT2D eigenvalue weighted by atomic mass is 10.0. The third kappa shape index (κ3) is 4.72. The number of carbonyl (C=O) groups excluding carboxylic acids is 2. The van der Waals surface area contributed by atoms with Gasteiger partial charge in [-0.3, -0.25) is 9.59 Å². The molecule has 8 nitrogen and oxygen atoms in total. The summed E-state index contributed by atoms with van der Waals surface area (Å²) in [5, 5.41) is 10.0. The second-order valence-electron chi connectivity index (χ2n) is 6.74. The van der Waals surface area contributed by atoms with Crippen molar-refractivity contribution in [2.24, 2.45) is 5.73 Å². The molecule has 29 heavy (non-hydrogen) atoms. The first-order valence-corrected chi connectivity index (χ1v) is 9.08. The highest BCUT2D eigenvalue weighted by Gasteiger charge is 2.21. The number of nitrogens with zero attached hydrogens (tertiary/aromatic N) is 2. The standard InChI is InChI=1S/C20H23N5O3.ClH/c1-11(2)16-10-14(17-12(3)25-28-20(17)24-16)19(27)23-15-7-5-4-6-13(15)18(26)22-9-8-21;/h4-7,10-11H,8-9,21H2,1-3H3,(H,22,26)(H,23,27);1H. The number of carbonyl (C=O) groups is 2. The van der Waals surface area contributed by atoms with E-state index in [9.17, 15) is 9.59 Å². The van der Waals surface area contributed by atoms with Crippen molar-refractivity contribution in [2.45, 2.75) is 26.7 Å². The van der Waals surface area contributed by atoms with E-state index in [4.69, 9.17) is 10.3 Å². The van der Waals surface area contributed by atoms with Crippen LogP contribution in [0.1, 0.15) is 51.9 Å². The van der Waals surface area contributed by atoms with Crippen LogP contribution in [0.5, 0.6) is 0 Å². The van der Waals surface area contributed by atoms with Gasteiger partial charge in [0, 0.05) is 18.8 Å². The maximum Gasteiger partial charge on any atom is 0.259 e. The number of fused-ring (bicyclic) bond motifs is 1. The van der Waals surface area contributed by atoms with E-state index in [1.54, 1.807) is 37.3 Å². The second-order valence-corrected chi connectivity index (χ2v) is 6.74. The Morgan fingerprint density at radius 3 is 2.59 bits per heavy atom. The molecule has 2 aromatic heterocycles. The third-order valence-corrected chi connectivity index (χ3v) is 4.32. The van der Waals surface area contributed by atoms with Gasteiger partial charge in [-0.15, -0.1) is 12.4 Å². The van der Waals surface area contributed by atoms with Gasteiger partial charge in [0.15, 0.2) is 0 Å². The Labute approximate surface area is 174 Å². The Hall–Kier alpha value is -2.97. The summed E-state index contributed by atoms with van der Waals surface area (Å²) >= 11 is 0. The maximum absolute atomic E-state index is 13.1. The van der Waals surface area contributed by atoms with E-state index in [1.165, 1.54) is 0 Å². The number of hydrogen-bond acceptors (Lipinski definition) is 6. The summed E-state index contributed by atoms with van der Waals surface area (Å²) in [6.45, 7) is 6.41. The average Bonchev–Trinajstić information content (AvgIpc) is 3.06. The predicted molar refractivity (Wildman–Crippen MR) is 114 cm³/mol. The largest absolute Gasteiger partial charge is 0.351 e. The molecule has 0 saturated carbocycles. The highest BCUT2D eigenvalue weighted by atomic mass is 35.5. The number of nitrogens with one attached hydrogen (secondary N) is 2. The van der Waals surface area contributed by atoms with Crippen molar-refractivity contribution >= 4 is 41.0 Å². The van der Waals surface area contributed by atoms with Crippen molar-refractivity contribution in [1.82, 2.24) is 15.5 Å². The maximum atomic E-state index is 13.1. The number of rotatable bonds is 6. The van der Waals surface area contributed by atoms with Crippen LogP contribution in [0.4, 0.5) is 5.69 Å². The zero-order valence-electron chi connectivity index (χ0n) is 16.5. The van der Waals surface area contributed by atoms with Crippen molar-refractivity contribution in [1.29, 1.82) is 0 Å². The van der Waals surface area contributed by atoms with Gasteiger partial charge in [0.1, 0.15) is 0 Å². The van der Waals surface area contributed by atoms with E-state index in [2.05, 4.69) is 20.8 Å². The summed E-state index contributed by atoms with van der Waals surface area (Å²) in [6, 6.07) is 8.55. The summed E-state index contributed by atoms with van der Waals surface area (Å²) in [7, 11) is 0. The Kier molecular flexibility index (Phi) is 7.30. The van der Waals surface area contributed by atoms with Crippen LogP contribution >= 0.6 is 12.4 Å². The lowest BCUT2D eigenvalue weighted by Gasteiger charge is -2.13. The van der Waals surface area contributed by atoms with Crippen LogP contribution in [-0.4, -0.2) is 35.0 Å². The predicted octanol–water partition coefficient (Wildman–Crippen LogP) is 3.02. The number of hydrogen-bond donors (Lipinski definition) is 3. The quantitative estimate of drug-likeness (QED) is 0.566. The fourth-order valence-corrected chi connectivity index (χ4v) is 2.85. The molecule has 9 heteroatoms. The second kappa shape index (κ2) is 9.49. The normalized spacial score (nSPS) is 10.7. The molecule has 0 aliphatic carbocycles. The molecule has 3 rings (SSSR count). The minimum absolute atomic E-state index is 0. The fourth-order valence-electron chi connectivity index (χ4n) is 2.85. The number of pyridine rings is 1. The number of nitrogens with two attached hydrogens (primary N) is 1. The first kappa shape index (κ1) is 22.3. The van der Waals surface area contributed by atoms with Gasteiger partial charge in [0.25, 0.3) is 17.5 Å². The minimum atomic E-state index is -0.361. The van der Waals surface area contributed by atoms with Crippen LogP contribution in [-0.2, 0) is 0 Å². The van der Waals surface area contributed by atoms with E-state index in [0.29, 0.717) is 46.7 Å². The number of aryl methyl sites for hydroxylation is 1. The first-order valence-electron chi connectivity index (χ1n) is 9.08. The van der Waals surface area contributed by atoms with Crippen molar-refractivity contribution in [3.8, 4) is 0 Å². The Balaban J connectivity index is 0.00000300. The molecular formula is C20H24ClN5O3. The topological polar surface area (TPSA) is 123 Å². The Morgan fingerprint density at radius 1 is 1.17 bits per heavy atom. The molecule has 2 amide bonds. The smallest absolute Gasteiger partial charge is 0.259 e. The summed E-state index contributed by atoms with van der Waals surface area (Å²) in [6.07, 6.45) is 0. The number of anilines is 1. The van der Waals surface area contributed by atoms with Gasteiger partial charge >= 0.3 is 0 Å². The van der Waals surface area contributed by atoms with Crippen molar-refractivity contribution in [3.05, 3.63) is 52.8 Å². The molecule has 2 heterocycles. The number of para-hydroxylation sites is 1. The number of aromatic nitrogens is 2. The first-order chi connectivity index (χ1) is 13.4. The summed E-state index contributed by atoms with van der Waals surface area (Å²) < 4.78 is 5.27. The molecule has 0 spiro atoms. The van der Waals surface area contributed by atoms with Gasteiger partial charge in [0.05, 0.1) is 27.9 Å². The highest BCUT2D eigenvalue weighted by Crippen LogP contribution is 2.26. The Morgan fingerprint density at radius 2 is 1.90 bits per heavy atom. The van der Waals surface area contributed by atoms with Gasteiger partial charge < -0.3 is 20.9 Å². The third-order valence-electron chi connectivity index (χ3n) is 4.32. The van der Waals surface area contributed by atoms with Gasteiger partial charge in [-0.2, -0.15) is 0 Å². The average molecular weight is 418 g/mol. The molecule has 0 aliphatic rings. The van der Waals surface area contributed by atoms with Crippen molar-refractivity contribution < 1.29 is 14.1 Å². The molecule has 0 fully saturated rings. The Bertz CT molecular complexity index is 1030. The van der Waals surface area contributed by atoms with Crippen LogP contribution in [0.25, 0.3) is 11.1 Å². The molecule has 0 aliphatic heterocycles. The summed E-state index contributed by atoms with van der Waals surface area (Å²) in [4.78, 5) is 29.9. The number of halogens is 1. The van der Waals surface area contributed by atoms with Crippen LogP contribution in [0, 0.1) is 6.92 Å². The van der Waals surface area contributed by atoms with Gasteiger partial charge in [0.2, 0.25) is 0 Å². The van der Waals surface area contributed by atoms with Crippen LogP contribution in [0.3, 0.4) is 0 Å². The van der Waals surface area contributed by atoms with E-state index < -0.39 is 0 Å². The molecule has 0 saturated heterocycles. The van der Waals surface area contributed by atoms with Crippen LogP contribution < -0.4 is 16.4 Å². The fraction of sp³-hybridized carbons (Fsp3) is 0.300. The molecule has 0 unspecified atom stereocenters. The van der Waals surface area contributed by atoms with Gasteiger partial charge in [-0.1, -0.05) is 31.1 Å². The minimum Gasteiger partial charge on any atom is -0.351 e. The highest BCUT2D eigenvalue weighted by molar-refractivity contribution is 6.14. The summed E-state index contributed by atoms with van der Waals surface area (Å²) in [5.74, 6) is -0.555. The number of benzene rings is 1. The van der Waals surface area contributed by atoms with Crippen molar-refractivity contribution in [2.75, 3.05) is 18.4 Å². The summed E-state index contributed by atoms with van der Waals surface area (Å²) in [5.41, 5.74) is 8.25. The lowest BCUT2D eigenvalue weighted by Crippen LogP contribution is -2.30. The van der Waals surface area contributed by atoms with E-state index in [1.807, 2.05) is 13.8 Å². The van der Waals surface area contributed by atoms with E-state index in [-0.39, 0.29) is 30.1 Å². The van der Waals surface area contributed by atoms with Gasteiger partial charge in [-0.05, 0) is 31.0 Å². The molecule has 0 atom stereocenters. The van der Waals surface area contributed by atoms with Crippen molar-refractivity contribution in [3.63, 3.8) is 0 Å². The van der Waals surface area contributed by atoms with Crippen LogP contribution in [0.15, 0.2) is 34.9 Å². The van der Waals surface area contributed by atoms with Crippen LogP contribution in [0.2, 0.25) is 0 Å². The molecule has 0 radical (unpaired) electrons. The lowest BCUT2D eigenvalue weighted by molar-refractivity contribution is 0.0955.